The summed E-state index contributed by atoms with van der Waals surface area (Å²) in [6.07, 6.45) is 1.21. The predicted octanol–water partition coefficient (Wildman–Crippen LogP) is 7.14. The van der Waals surface area contributed by atoms with Gasteiger partial charge in [-0.3, -0.25) is 10.3 Å². The number of phenolic OH excluding ortho intramolecular Hbond substituents is 1. The summed E-state index contributed by atoms with van der Waals surface area (Å²) in [6.45, 7) is 2.13. The molecule has 2 N–H and O–H groups in total. The molecule has 0 unspecified atom stereocenters. The van der Waals surface area contributed by atoms with Crippen LogP contribution in [0.2, 0.25) is 15.1 Å². The third-order valence-corrected chi connectivity index (χ3v) is 6.16. The molecule has 30 heavy (non-hydrogen) atoms. The first kappa shape index (κ1) is 21.2. The van der Waals surface area contributed by atoms with Crippen molar-refractivity contribution in [1.82, 2.24) is 5.32 Å². The van der Waals surface area contributed by atoms with Gasteiger partial charge < -0.3 is 5.11 Å². The maximum Gasteiger partial charge on any atom is 0.127 e. The highest BCUT2D eigenvalue weighted by Gasteiger charge is 2.29. The molecule has 3 aromatic rings. The Labute approximate surface area is 191 Å². The number of nitrogens with one attached hydrogen (secondary N) is 1. The molecular formula is C24H21Cl3N2O. The first-order chi connectivity index (χ1) is 14.4. The molecule has 0 aliphatic carbocycles. The molecule has 0 amide bonds. The molecule has 1 heterocycles. The number of hydrogen-bond acceptors (Lipinski definition) is 3. The van der Waals surface area contributed by atoms with Crippen LogP contribution in [0.15, 0.2) is 65.7 Å². The molecule has 0 fully saturated rings. The molecular weight excluding hydrogens is 439 g/mol. The fraction of sp³-hybridized carbons (Fsp3) is 0.208. The third-order valence-electron chi connectivity index (χ3n) is 5.36. The van der Waals surface area contributed by atoms with Crippen LogP contribution in [-0.2, 0) is 6.42 Å². The second-order valence-corrected chi connectivity index (χ2v) is 8.60. The smallest absolute Gasteiger partial charge is 0.127 e. The normalized spacial score (nSPS) is 18.9. The van der Waals surface area contributed by atoms with E-state index in [0.29, 0.717) is 21.5 Å². The Bertz CT molecular complexity index is 1100. The van der Waals surface area contributed by atoms with Gasteiger partial charge in [0.1, 0.15) is 11.9 Å². The highest BCUT2D eigenvalue weighted by Crippen LogP contribution is 2.37. The molecule has 3 nitrogen and oxygen atoms in total. The summed E-state index contributed by atoms with van der Waals surface area (Å²) in [4.78, 5) is 4.96. The summed E-state index contributed by atoms with van der Waals surface area (Å²) in [5, 5.41) is 15.7. The van der Waals surface area contributed by atoms with Gasteiger partial charge in [-0.25, -0.2) is 0 Å². The summed E-state index contributed by atoms with van der Waals surface area (Å²) in [6, 6.07) is 18.7. The van der Waals surface area contributed by atoms with Crippen LogP contribution in [0.3, 0.4) is 0 Å². The van der Waals surface area contributed by atoms with E-state index in [1.54, 1.807) is 30.3 Å². The first-order valence-electron chi connectivity index (χ1n) is 9.80. The maximum absolute atomic E-state index is 10.5. The summed E-state index contributed by atoms with van der Waals surface area (Å²) < 4.78 is 0. The summed E-state index contributed by atoms with van der Waals surface area (Å²) in [5.41, 5.74) is 4.83. The van der Waals surface area contributed by atoms with Crippen molar-refractivity contribution in [3.63, 3.8) is 0 Å². The Balaban J connectivity index is 1.78. The van der Waals surface area contributed by atoms with Gasteiger partial charge in [0, 0.05) is 44.4 Å². The van der Waals surface area contributed by atoms with Crippen LogP contribution in [0.1, 0.15) is 47.8 Å². The van der Waals surface area contributed by atoms with Crippen molar-refractivity contribution in [3.8, 4) is 5.75 Å². The van der Waals surface area contributed by atoms with E-state index in [-0.39, 0.29) is 18.0 Å². The minimum absolute atomic E-state index is 0.182. The highest BCUT2D eigenvalue weighted by molar-refractivity contribution is 6.35. The molecule has 0 saturated heterocycles. The monoisotopic (exact) mass is 458 g/mol. The Morgan fingerprint density at radius 1 is 0.933 bits per heavy atom. The molecule has 1 aliphatic rings. The first-order valence-corrected chi connectivity index (χ1v) is 10.9. The second-order valence-electron chi connectivity index (χ2n) is 7.32. The molecule has 0 radical (unpaired) electrons. The molecule has 0 bridgehead atoms. The Morgan fingerprint density at radius 2 is 1.63 bits per heavy atom. The van der Waals surface area contributed by atoms with Gasteiger partial charge in [0.25, 0.3) is 0 Å². The largest absolute Gasteiger partial charge is 0.508 e. The molecule has 154 valence electrons. The molecule has 0 saturated carbocycles. The van der Waals surface area contributed by atoms with Crippen molar-refractivity contribution in [1.29, 1.82) is 0 Å². The van der Waals surface area contributed by atoms with Gasteiger partial charge in [0.2, 0.25) is 0 Å². The van der Waals surface area contributed by atoms with E-state index < -0.39 is 0 Å². The predicted molar refractivity (Wildman–Crippen MR) is 125 cm³/mol. The van der Waals surface area contributed by atoms with Crippen molar-refractivity contribution in [3.05, 3.63) is 98.0 Å². The zero-order valence-electron chi connectivity index (χ0n) is 16.4. The Hall–Kier alpha value is -2.04. The number of aliphatic imine (C=N–C) groups is 1. The maximum atomic E-state index is 10.5. The fourth-order valence-corrected chi connectivity index (χ4v) is 4.39. The molecule has 4 rings (SSSR count). The van der Waals surface area contributed by atoms with E-state index in [9.17, 15) is 5.11 Å². The van der Waals surface area contributed by atoms with Crippen molar-refractivity contribution >= 4 is 40.5 Å². The van der Waals surface area contributed by atoms with Crippen molar-refractivity contribution in [2.75, 3.05) is 0 Å². The Morgan fingerprint density at radius 3 is 2.33 bits per heavy atom. The van der Waals surface area contributed by atoms with Crippen LogP contribution < -0.4 is 5.32 Å². The van der Waals surface area contributed by atoms with Gasteiger partial charge in [0.15, 0.2) is 0 Å². The number of nitrogens with zero attached hydrogens (tertiary/aromatic N) is 1. The number of aromatic hydroxyl groups is 1. The zero-order valence-corrected chi connectivity index (χ0v) is 18.6. The van der Waals surface area contributed by atoms with Crippen LogP contribution in [-0.4, -0.2) is 10.8 Å². The lowest BCUT2D eigenvalue weighted by Crippen LogP contribution is -2.33. The number of rotatable bonds is 4. The Kier molecular flexibility index (Phi) is 6.35. The van der Waals surface area contributed by atoms with E-state index in [1.807, 2.05) is 6.07 Å². The second kappa shape index (κ2) is 8.99. The minimum Gasteiger partial charge on any atom is -0.508 e. The van der Waals surface area contributed by atoms with Crippen LogP contribution >= 0.6 is 34.8 Å². The number of phenols is 1. The molecule has 0 aromatic heterocycles. The number of aryl methyl sites for hydroxylation is 1. The van der Waals surface area contributed by atoms with E-state index in [4.69, 9.17) is 39.8 Å². The van der Waals surface area contributed by atoms with Crippen molar-refractivity contribution in [2.24, 2.45) is 4.99 Å². The summed E-state index contributed by atoms with van der Waals surface area (Å²) in [5.74, 6) is 0.195. The number of benzene rings is 3. The van der Waals surface area contributed by atoms with Gasteiger partial charge in [-0.1, -0.05) is 72.1 Å². The molecule has 3 aromatic carbocycles. The summed E-state index contributed by atoms with van der Waals surface area (Å²) >= 11 is 18.8. The quantitative estimate of drug-likeness (QED) is 0.435. The average Bonchev–Trinajstić information content (AvgIpc) is 2.75. The number of hydrogen-bond donors (Lipinski definition) is 2. The zero-order chi connectivity index (χ0) is 21.3. The lowest BCUT2D eigenvalue weighted by Gasteiger charge is -2.31. The van der Waals surface area contributed by atoms with Crippen LogP contribution in [0.5, 0.6) is 5.75 Å². The molecule has 6 heteroatoms. The lowest BCUT2D eigenvalue weighted by molar-refractivity contribution is 0.413. The van der Waals surface area contributed by atoms with Gasteiger partial charge in [-0.2, -0.15) is 0 Å². The van der Waals surface area contributed by atoms with Crippen LogP contribution in [0.4, 0.5) is 0 Å². The minimum atomic E-state index is -0.382. The molecule has 0 spiro atoms. The third kappa shape index (κ3) is 4.50. The van der Waals surface area contributed by atoms with Gasteiger partial charge in [-0.05, 0) is 47.9 Å². The van der Waals surface area contributed by atoms with E-state index in [1.165, 1.54) is 5.56 Å². The average molecular weight is 460 g/mol. The summed E-state index contributed by atoms with van der Waals surface area (Å²) in [7, 11) is 0. The van der Waals surface area contributed by atoms with Crippen molar-refractivity contribution < 1.29 is 5.11 Å². The van der Waals surface area contributed by atoms with Crippen molar-refractivity contribution in [2.45, 2.75) is 32.0 Å². The standard InChI is InChI=1S/C24H21Cl3N2O/c1-2-14-3-5-15(6-4-14)21-13-22(19-11-16(25)8-10-23(19)30)29-24(28-21)18-9-7-17(26)12-20(18)27/h3-12,22,24,29-30H,2,13H2,1H3/t22-,24+/m1/s1. The van der Waals surface area contributed by atoms with Gasteiger partial charge in [0.05, 0.1) is 0 Å². The topological polar surface area (TPSA) is 44.6 Å². The fourth-order valence-electron chi connectivity index (χ4n) is 3.70. The SMILES string of the molecule is CCc1ccc(C2=N[C@H](c3ccc(Cl)cc3Cl)N[C@@H](c3cc(Cl)ccc3O)C2)cc1. The number of halogens is 3. The van der Waals surface area contributed by atoms with Crippen LogP contribution in [0.25, 0.3) is 0 Å². The van der Waals surface area contributed by atoms with Gasteiger partial charge >= 0.3 is 0 Å². The highest BCUT2D eigenvalue weighted by atomic mass is 35.5. The van der Waals surface area contributed by atoms with E-state index in [0.717, 1.165) is 28.8 Å². The molecule has 1 aliphatic heterocycles. The lowest BCUT2D eigenvalue weighted by atomic mass is 9.93. The van der Waals surface area contributed by atoms with Gasteiger partial charge in [-0.15, -0.1) is 0 Å². The van der Waals surface area contributed by atoms with E-state index in [2.05, 4.69) is 36.5 Å². The van der Waals surface area contributed by atoms with E-state index >= 15 is 0 Å². The van der Waals surface area contributed by atoms with Crippen LogP contribution in [0, 0.1) is 0 Å². The molecule has 2 atom stereocenters.